The first kappa shape index (κ1) is 17.5. The van der Waals surface area contributed by atoms with E-state index in [-0.39, 0.29) is 17.9 Å². The third-order valence-electron chi connectivity index (χ3n) is 2.54. The van der Waals surface area contributed by atoms with Crippen LogP contribution in [0.3, 0.4) is 0 Å². The van der Waals surface area contributed by atoms with Crippen LogP contribution in [0.4, 0.5) is 8.78 Å². The van der Waals surface area contributed by atoms with Crippen molar-refractivity contribution in [2.45, 2.75) is 17.2 Å². The van der Waals surface area contributed by atoms with E-state index in [2.05, 4.69) is 4.72 Å². The van der Waals surface area contributed by atoms with Gasteiger partial charge in [0.1, 0.15) is 0 Å². The highest BCUT2D eigenvalue weighted by Crippen LogP contribution is 2.09. The SMILES string of the molecule is NCC(F)(F)CNC(=O)CCNS(=O)(=O)c1ccccc1. The van der Waals surface area contributed by atoms with Gasteiger partial charge in [-0.1, -0.05) is 18.2 Å². The fourth-order valence-electron chi connectivity index (χ4n) is 1.37. The molecule has 1 aromatic carbocycles. The van der Waals surface area contributed by atoms with Crippen molar-refractivity contribution >= 4 is 15.9 Å². The average Bonchev–Trinajstić information content (AvgIpc) is 2.46. The van der Waals surface area contributed by atoms with E-state index in [1.54, 1.807) is 18.2 Å². The minimum atomic E-state index is -3.70. The summed E-state index contributed by atoms with van der Waals surface area (Å²) in [4.78, 5) is 11.4. The molecule has 0 radical (unpaired) electrons. The number of sulfonamides is 1. The molecule has 1 rings (SSSR count). The molecule has 0 atom stereocenters. The molecule has 0 bridgehead atoms. The van der Waals surface area contributed by atoms with Crippen LogP contribution in [-0.4, -0.2) is 39.9 Å². The van der Waals surface area contributed by atoms with Gasteiger partial charge in [-0.25, -0.2) is 21.9 Å². The minimum absolute atomic E-state index is 0.0695. The fraction of sp³-hybridized carbons (Fsp3) is 0.417. The molecule has 0 aliphatic rings. The molecular weight excluding hydrogens is 304 g/mol. The maximum atomic E-state index is 12.8. The maximum absolute atomic E-state index is 12.8. The summed E-state index contributed by atoms with van der Waals surface area (Å²) in [5.41, 5.74) is 4.82. The van der Waals surface area contributed by atoms with E-state index in [1.165, 1.54) is 12.1 Å². The van der Waals surface area contributed by atoms with Crippen molar-refractivity contribution in [2.24, 2.45) is 5.73 Å². The van der Waals surface area contributed by atoms with Crippen LogP contribution in [0.15, 0.2) is 35.2 Å². The summed E-state index contributed by atoms with van der Waals surface area (Å²) in [6.45, 7) is -1.92. The number of nitrogens with two attached hydrogens (primary N) is 1. The topological polar surface area (TPSA) is 101 Å². The zero-order valence-electron chi connectivity index (χ0n) is 11.2. The van der Waals surface area contributed by atoms with Gasteiger partial charge in [-0.2, -0.15) is 0 Å². The van der Waals surface area contributed by atoms with Crippen LogP contribution in [0.2, 0.25) is 0 Å². The lowest BCUT2D eigenvalue weighted by Crippen LogP contribution is -2.42. The zero-order valence-corrected chi connectivity index (χ0v) is 12.0. The van der Waals surface area contributed by atoms with Crippen molar-refractivity contribution in [3.8, 4) is 0 Å². The maximum Gasteiger partial charge on any atom is 0.277 e. The van der Waals surface area contributed by atoms with Crippen molar-refractivity contribution in [2.75, 3.05) is 19.6 Å². The first-order chi connectivity index (χ1) is 9.77. The van der Waals surface area contributed by atoms with E-state index in [9.17, 15) is 22.0 Å². The van der Waals surface area contributed by atoms with Gasteiger partial charge in [-0.3, -0.25) is 4.79 Å². The lowest BCUT2D eigenvalue weighted by atomic mass is 10.3. The highest BCUT2D eigenvalue weighted by molar-refractivity contribution is 7.89. The van der Waals surface area contributed by atoms with Crippen LogP contribution in [0.5, 0.6) is 0 Å². The fourth-order valence-corrected chi connectivity index (χ4v) is 2.42. The second-order valence-corrected chi connectivity index (χ2v) is 6.06. The largest absolute Gasteiger partial charge is 0.350 e. The number of rotatable bonds is 8. The Morgan fingerprint density at radius 3 is 2.43 bits per heavy atom. The summed E-state index contributed by atoms with van der Waals surface area (Å²) in [6, 6.07) is 7.62. The predicted octanol–water partition coefficient (Wildman–Crippen LogP) is 0.0652. The number of nitrogens with one attached hydrogen (secondary N) is 2. The Morgan fingerprint density at radius 1 is 1.24 bits per heavy atom. The molecule has 6 nitrogen and oxygen atoms in total. The Hall–Kier alpha value is -1.58. The van der Waals surface area contributed by atoms with Crippen LogP contribution in [0.25, 0.3) is 0 Å². The normalized spacial score (nSPS) is 12.1. The predicted molar refractivity (Wildman–Crippen MR) is 73.3 cm³/mol. The standard InChI is InChI=1S/C12H17F2N3O3S/c13-12(14,8-15)9-16-11(18)6-7-17-21(19,20)10-4-2-1-3-5-10/h1-5,17H,6-9,15H2,(H,16,18). The quantitative estimate of drug-likeness (QED) is 0.630. The van der Waals surface area contributed by atoms with Crippen molar-refractivity contribution in [1.29, 1.82) is 0 Å². The Balaban J connectivity index is 2.38. The number of halogens is 2. The van der Waals surface area contributed by atoms with Crippen molar-refractivity contribution < 1.29 is 22.0 Å². The van der Waals surface area contributed by atoms with E-state index in [0.717, 1.165) is 0 Å². The molecule has 0 saturated heterocycles. The molecule has 0 aliphatic carbocycles. The average molecular weight is 321 g/mol. The van der Waals surface area contributed by atoms with Gasteiger partial charge in [0.15, 0.2) is 0 Å². The van der Waals surface area contributed by atoms with Gasteiger partial charge >= 0.3 is 0 Å². The van der Waals surface area contributed by atoms with Crippen LogP contribution in [0, 0.1) is 0 Å². The third kappa shape index (κ3) is 6.15. The first-order valence-corrected chi connectivity index (χ1v) is 7.64. The molecule has 118 valence electrons. The third-order valence-corrected chi connectivity index (χ3v) is 4.02. The second kappa shape index (κ2) is 7.43. The van der Waals surface area contributed by atoms with Crippen LogP contribution in [0.1, 0.15) is 6.42 Å². The number of alkyl halides is 2. The number of hydrogen-bond acceptors (Lipinski definition) is 4. The number of amides is 1. The summed E-state index contributed by atoms with van der Waals surface area (Å²) < 4.78 is 51.4. The Labute approximate surface area is 121 Å². The molecule has 0 heterocycles. The Kier molecular flexibility index (Phi) is 6.19. The number of carbonyl (C=O) groups is 1. The van der Waals surface area contributed by atoms with E-state index >= 15 is 0 Å². The summed E-state index contributed by atoms with van der Waals surface area (Å²) in [7, 11) is -3.70. The Morgan fingerprint density at radius 2 is 1.86 bits per heavy atom. The van der Waals surface area contributed by atoms with Gasteiger partial charge in [0.2, 0.25) is 15.9 Å². The zero-order chi connectivity index (χ0) is 15.9. The molecule has 4 N–H and O–H groups in total. The number of hydrogen-bond donors (Lipinski definition) is 3. The molecule has 21 heavy (non-hydrogen) atoms. The van der Waals surface area contributed by atoms with Crippen molar-refractivity contribution in [3.63, 3.8) is 0 Å². The second-order valence-electron chi connectivity index (χ2n) is 4.30. The van der Waals surface area contributed by atoms with E-state index in [0.29, 0.717) is 0 Å². The van der Waals surface area contributed by atoms with Crippen LogP contribution in [-0.2, 0) is 14.8 Å². The molecule has 1 amide bonds. The van der Waals surface area contributed by atoms with Crippen molar-refractivity contribution in [3.05, 3.63) is 30.3 Å². The molecule has 0 aliphatic heterocycles. The number of carbonyl (C=O) groups excluding carboxylic acids is 1. The van der Waals surface area contributed by atoms with Gasteiger partial charge in [-0.05, 0) is 12.1 Å². The molecule has 0 fully saturated rings. The molecule has 0 aromatic heterocycles. The molecule has 0 spiro atoms. The highest BCUT2D eigenvalue weighted by Gasteiger charge is 2.27. The van der Waals surface area contributed by atoms with E-state index in [4.69, 9.17) is 5.73 Å². The van der Waals surface area contributed by atoms with E-state index < -0.39 is 34.9 Å². The van der Waals surface area contributed by atoms with E-state index in [1.807, 2.05) is 5.32 Å². The summed E-state index contributed by atoms with van der Waals surface area (Å²) in [5.74, 6) is -3.85. The summed E-state index contributed by atoms with van der Waals surface area (Å²) >= 11 is 0. The van der Waals surface area contributed by atoms with Gasteiger partial charge in [0.25, 0.3) is 5.92 Å². The highest BCUT2D eigenvalue weighted by atomic mass is 32.2. The van der Waals surface area contributed by atoms with Crippen LogP contribution < -0.4 is 15.8 Å². The van der Waals surface area contributed by atoms with Gasteiger partial charge < -0.3 is 11.1 Å². The molecular formula is C12H17F2N3O3S. The number of benzene rings is 1. The first-order valence-electron chi connectivity index (χ1n) is 6.16. The monoisotopic (exact) mass is 321 g/mol. The summed E-state index contributed by atoms with van der Waals surface area (Å²) in [6.07, 6.45) is -0.243. The lowest BCUT2D eigenvalue weighted by Gasteiger charge is -2.14. The van der Waals surface area contributed by atoms with Gasteiger partial charge in [-0.15, -0.1) is 0 Å². The van der Waals surface area contributed by atoms with Gasteiger partial charge in [0.05, 0.1) is 18.0 Å². The van der Waals surface area contributed by atoms with Gasteiger partial charge in [0, 0.05) is 13.0 Å². The molecule has 9 heteroatoms. The molecule has 1 aromatic rings. The van der Waals surface area contributed by atoms with Crippen molar-refractivity contribution in [1.82, 2.24) is 10.0 Å². The molecule has 0 unspecified atom stereocenters. The molecule has 0 saturated carbocycles. The smallest absolute Gasteiger partial charge is 0.277 e. The van der Waals surface area contributed by atoms with Crippen LogP contribution >= 0.6 is 0 Å². The lowest BCUT2D eigenvalue weighted by molar-refractivity contribution is -0.122. The summed E-state index contributed by atoms with van der Waals surface area (Å²) in [5, 5.41) is 2.00. The minimum Gasteiger partial charge on any atom is -0.350 e. The Bertz CT molecular complexity index is 564.